The summed E-state index contributed by atoms with van der Waals surface area (Å²) in [5.41, 5.74) is 2.90. The van der Waals surface area contributed by atoms with E-state index in [4.69, 9.17) is 0 Å². The van der Waals surface area contributed by atoms with E-state index in [1.54, 1.807) is 6.92 Å². The predicted molar refractivity (Wildman–Crippen MR) is 91.2 cm³/mol. The van der Waals surface area contributed by atoms with E-state index < -0.39 is 12.7 Å². The summed E-state index contributed by atoms with van der Waals surface area (Å²) < 4.78 is 43.1. The van der Waals surface area contributed by atoms with Crippen LogP contribution >= 0.6 is 12.1 Å². The van der Waals surface area contributed by atoms with Crippen molar-refractivity contribution in [2.75, 3.05) is 13.1 Å². The Labute approximate surface area is 149 Å². The van der Waals surface area contributed by atoms with E-state index in [2.05, 4.69) is 4.72 Å². The molecule has 3 aliphatic rings. The monoisotopic (exact) mass is 370 g/mol. The molecule has 1 aromatic carbocycles. The smallest absolute Gasteiger partial charge is 0.295 e. The molecule has 1 spiro atoms. The van der Waals surface area contributed by atoms with E-state index in [-0.39, 0.29) is 11.3 Å². The molecule has 1 aromatic rings. The fourth-order valence-electron chi connectivity index (χ4n) is 4.80. The van der Waals surface area contributed by atoms with Crippen LogP contribution in [0.5, 0.6) is 0 Å². The molecule has 1 heterocycles. The average Bonchev–Trinajstić information content (AvgIpc) is 3.00. The van der Waals surface area contributed by atoms with Crippen LogP contribution in [0.2, 0.25) is 0 Å². The highest BCUT2D eigenvalue weighted by Crippen LogP contribution is 2.51. The van der Waals surface area contributed by atoms with Crippen molar-refractivity contribution < 1.29 is 18.0 Å². The van der Waals surface area contributed by atoms with Gasteiger partial charge in [0.25, 0.3) is 0 Å². The number of fused-ring (bicyclic) bond motifs is 1. The highest BCUT2D eigenvalue weighted by molar-refractivity contribution is 7.95. The van der Waals surface area contributed by atoms with Crippen LogP contribution in [0.25, 0.3) is 0 Å². The van der Waals surface area contributed by atoms with Gasteiger partial charge >= 0.3 is 6.18 Å². The zero-order valence-electron chi connectivity index (χ0n) is 14.0. The Hall–Kier alpha value is -1.05. The molecule has 1 aliphatic heterocycles. The Kier molecular flexibility index (Phi) is 4.16. The second kappa shape index (κ2) is 5.99. The molecule has 2 fully saturated rings. The molecule has 2 aliphatic carbocycles. The van der Waals surface area contributed by atoms with Gasteiger partial charge in [-0.1, -0.05) is 12.1 Å². The molecular weight excluding hydrogens is 349 g/mol. The normalized spacial score (nSPS) is 32.0. The number of Topliss-reactive ketones (excluding diaryl/α,β-unsaturated/α-hetero) is 1. The molecule has 0 amide bonds. The van der Waals surface area contributed by atoms with Gasteiger partial charge < -0.3 is 0 Å². The summed E-state index contributed by atoms with van der Waals surface area (Å²) >= 11 is 1.13. The van der Waals surface area contributed by atoms with E-state index >= 15 is 0 Å². The number of alkyl halides is 3. The number of ketones is 1. The number of nitrogens with one attached hydrogen (secondary N) is 1. The van der Waals surface area contributed by atoms with E-state index in [9.17, 15) is 18.0 Å². The van der Waals surface area contributed by atoms with Crippen molar-refractivity contribution in [3.63, 3.8) is 0 Å². The molecule has 1 N–H and O–H groups in total. The van der Waals surface area contributed by atoms with E-state index in [0.717, 1.165) is 43.4 Å². The lowest BCUT2D eigenvalue weighted by Crippen LogP contribution is -2.51. The summed E-state index contributed by atoms with van der Waals surface area (Å²) in [6.07, 6.45) is -0.394. The number of benzene rings is 1. The molecule has 1 saturated carbocycles. The fourth-order valence-corrected chi connectivity index (χ4v) is 5.99. The van der Waals surface area contributed by atoms with E-state index in [1.807, 2.05) is 18.2 Å². The van der Waals surface area contributed by atoms with Gasteiger partial charge in [0.1, 0.15) is 6.54 Å². The van der Waals surface area contributed by atoms with Crippen LogP contribution in [-0.2, 0) is 12.8 Å². The van der Waals surface area contributed by atoms with Crippen molar-refractivity contribution in [2.45, 2.75) is 44.3 Å². The quantitative estimate of drug-likeness (QED) is 0.634. The van der Waals surface area contributed by atoms with Gasteiger partial charge in [-0.15, -0.1) is 0 Å². The van der Waals surface area contributed by atoms with Crippen molar-refractivity contribution in [1.29, 1.82) is 0 Å². The molecule has 0 radical (unpaired) electrons. The van der Waals surface area contributed by atoms with Crippen LogP contribution in [0.4, 0.5) is 13.2 Å². The molecule has 25 heavy (non-hydrogen) atoms. The maximum atomic E-state index is 12.8. The lowest BCUT2D eigenvalue weighted by Gasteiger charge is -2.34. The van der Waals surface area contributed by atoms with Crippen LogP contribution in [0, 0.1) is 11.8 Å². The molecule has 7 heteroatoms. The van der Waals surface area contributed by atoms with Crippen molar-refractivity contribution >= 4 is 17.9 Å². The second-order valence-corrected chi connectivity index (χ2v) is 8.47. The van der Waals surface area contributed by atoms with Crippen LogP contribution in [0.3, 0.4) is 0 Å². The van der Waals surface area contributed by atoms with Gasteiger partial charge in [-0.3, -0.25) is 4.79 Å². The molecule has 0 aromatic heterocycles. The minimum absolute atomic E-state index is 0.0535. The number of carbonyl (C=O) groups is 1. The van der Waals surface area contributed by atoms with Crippen LogP contribution in [0.1, 0.15) is 41.3 Å². The average molecular weight is 370 g/mol. The SMILES string of the molecule is CC(=O)c1ccc2c(c1)CC1CCC(C2)C12CN(CC(F)(F)F)SN2. The first-order valence-electron chi connectivity index (χ1n) is 8.65. The first-order valence-corrected chi connectivity index (χ1v) is 9.43. The number of carbonyl (C=O) groups excluding carboxylic acids is 1. The molecule has 3 nitrogen and oxygen atoms in total. The Bertz CT molecular complexity index is 708. The Morgan fingerprint density at radius 3 is 2.60 bits per heavy atom. The minimum Gasteiger partial charge on any atom is -0.295 e. The molecule has 3 atom stereocenters. The largest absolute Gasteiger partial charge is 0.402 e. The predicted octanol–water partition coefficient (Wildman–Crippen LogP) is 3.78. The minimum atomic E-state index is -4.18. The van der Waals surface area contributed by atoms with Gasteiger partial charge in [0.2, 0.25) is 0 Å². The number of hydrogen-bond donors (Lipinski definition) is 1. The number of hydrogen-bond acceptors (Lipinski definition) is 4. The van der Waals surface area contributed by atoms with Crippen molar-refractivity contribution in [3.05, 3.63) is 34.9 Å². The summed E-state index contributed by atoms with van der Waals surface area (Å²) in [5.74, 6) is 0.706. The third kappa shape index (κ3) is 3.11. The van der Waals surface area contributed by atoms with Crippen LogP contribution < -0.4 is 4.72 Å². The highest BCUT2D eigenvalue weighted by atomic mass is 32.2. The maximum Gasteiger partial charge on any atom is 0.402 e. The fraction of sp³-hybridized carbons (Fsp3) is 0.611. The molecular formula is C18H21F3N2OS. The maximum absolute atomic E-state index is 12.8. The van der Waals surface area contributed by atoms with Crippen molar-refractivity contribution in [3.8, 4) is 0 Å². The van der Waals surface area contributed by atoms with Gasteiger partial charge in [0, 0.05) is 29.8 Å². The number of nitrogens with zero attached hydrogens (tertiary/aromatic N) is 1. The number of rotatable bonds is 2. The van der Waals surface area contributed by atoms with Gasteiger partial charge in [0.15, 0.2) is 5.78 Å². The van der Waals surface area contributed by atoms with E-state index in [1.165, 1.54) is 15.4 Å². The standard InChI is InChI=1S/C18H21F3N2OS/c1-11(24)12-2-3-13-7-15-4-5-16(8-14(13)6-12)17(15)9-23(25-22-17)10-18(19,20)21/h2-3,6,15-16,22H,4-5,7-10H2,1H3. The molecule has 136 valence electrons. The lowest BCUT2D eigenvalue weighted by molar-refractivity contribution is -0.135. The third-order valence-corrected chi connectivity index (χ3v) is 7.01. The molecule has 3 unspecified atom stereocenters. The zero-order chi connectivity index (χ0) is 17.8. The van der Waals surface area contributed by atoms with Crippen molar-refractivity contribution in [1.82, 2.24) is 9.03 Å². The van der Waals surface area contributed by atoms with E-state index in [0.29, 0.717) is 18.4 Å². The van der Waals surface area contributed by atoms with Gasteiger partial charge in [-0.25, -0.2) is 9.03 Å². The van der Waals surface area contributed by atoms with Crippen molar-refractivity contribution in [2.24, 2.45) is 11.8 Å². The first kappa shape index (κ1) is 17.4. The number of halogens is 3. The Balaban J connectivity index is 1.60. The summed E-state index contributed by atoms with van der Waals surface area (Å²) in [6.45, 7) is 1.11. The highest BCUT2D eigenvalue weighted by Gasteiger charge is 2.56. The van der Waals surface area contributed by atoms with Crippen LogP contribution in [0.15, 0.2) is 18.2 Å². The summed E-state index contributed by atoms with van der Waals surface area (Å²) in [7, 11) is 0. The van der Waals surface area contributed by atoms with Gasteiger partial charge in [0.05, 0.1) is 0 Å². The first-order chi connectivity index (χ1) is 11.8. The molecule has 1 saturated heterocycles. The summed E-state index contributed by atoms with van der Waals surface area (Å²) in [6, 6.07) is 5.90. The second-order valence-electron chi connectivity index (χ2n) is 7.57. The Morgan fingerprint density at radius 1 is 1.28 bits per heavy atom. The summed E-state index contributed by atoms with van der Waals surface area (Å²) in [5, 5.41) is 0. The molecule has 4 rings (SSSR count). The zero-order valence-corrected chi connectivity index (χ0v) is 14.8. The molecule has 2 bridgehead atoms. The van der Waals surface area contributed by atoms with Gasteiger partial charge in [-0.05, 0) is 61.6 Å². The third-order valence-electron chi connectivity index (χ3n) is 6.02. The topological polar surface area (TPSA) is 32.3 Å². The van der Waals surface area contributed by atoms with Gasteiger partial charge in [-0.2, -0.15) is 13.2 Å². The Morgan fingerprint density at radius 2 is 1.96 bits per heavy atom. The van der Waals surface area contributed by atoms with Crippen LogP contribution in [-0.4, -0.2) is 34.9 Å². The lowest BCUT2D eigenvalue weighted by atomic mass is 9.79. The summed E-state index contributed by atoms with van der Waals surface area (Å²) in [4.78, 5) is 11.7.